The van der Waals surface area contributed by atoms with E-state index in [0.717, 1.165) is 11.1 Å². The number of hydrogen-bond acceptors (Lipinski definition) is 3. The molecule has 0 aliphatic heterocycles. The molecule has 0 spiro atoms. The van der Waals surface area contributed by atoms with Gasteiger partial charge in [-0.2, -0.15) is 0 Å². The highest BCUT2D eigenvalue weighted by molar-refractivity contribution is 6.31. The molecule has 6 heteroatoms. The Morgan fingerprint density at radius 1 is 1.16 bits per heavy atom. The highest BCUT2D eigenvalue weighted by Gasteiger charge is 2.19. The van der Waals surface area contributed by atoms with Gasteiger partial charge in [-0.3, -0.25) is 4.79 Å². The molecule has 2 aromatic rings. The molecule has 2 amide bonds. The van der Waals surface area contributed by atoms with Crippen LogP contribution in [-0.2, 0) is 9.53 Å². The minimum Gasteiger partial charge on any atom is -0.450 e. The number of aryl methyl sites for hydroxylation is 1. The van der Waals surface area contributed by atoms with Crippen LogP contribution in [-0.4, -0.2) is 18.6 Å². The molecule has 5 nitrogen and oxygen atoms in total. The van der Waals surface area contributed by atoms with Crippen LogP contribution in [0.5, 0.6) is 0 Å². The van der Waals surface area contributed by atoms with Crippen molar-refractivity contribution in [2.24, 2.45) is 0 Å². The van der Waals surface area contributed by atoms with Crippen molar-refractivity contribution in [3.8, 4) is 0 Å². The average Bonchev–Trinajstić information content (AvgIpc) is 2.58. The molecule has 1 atom stereocenters. The van der Waals surface area contributed by atoms with Crippen LogP contribution >= 0.6 is 11.6 Å². The zero-order chi connectivity index (χ0) is 18.2. The van der Waals surface area contributed by atoms with Crippen molar-refractivity contribution in [3.05, 3.63) is 64.7 Å². The van der Waals surface area contributed by atoms with Crippen LogP contribution in [0.15, 0.2) is 48.5 Å². The summed E-state index contributed by atoms with van der Waals surface area (Å²) in [6.45, 7) is 3.88. The Bertz CT molecular complexity index is 735. The van der Waals surface area contributed by atoms with Crippen LogP contribution < -0.4 is 10.6 Å². The summed E-state index contributed by atoms with van der Waals surface area (Å²) in [5.74, 6) is -0.226. The Morgan fingerprint density at radius 3 is 2.56 bits per heavy atom. The van der Waals surface area contributed by atoms with Gasteiger partial charge >= 0.3 is 6.09 Å². The fourth-order valence-electron chi connectivity index (χ4n) is 2.37. The molecular weight excluding hydrogens is 340 g/mol. The van der Waals surface area contributed by atoms with Crippen molar-refractivity contribution >= 4 is 29.3 Å². The van der Waals surface area contributed by atoms with E-state index in [0.29, 0.717) is 10.7 Å². The molecule has 0 saturated carbocycles. The fraction of sp³-hybridized carbons (Fsp3) is 0.263. The quantitative estimate of drug-likeness (QED) is 0.798. The molecule has 0 heterocycles. The fourth-order valence-corrected chi connectivity index (χ4v) is 2.54. The van der Waals surface area contributed by atoms with Gasteiger partial charge in [0.15, 0.2) is 0 Å². The maximum Gasteiger partial charge on any atom is 0.407 e. The summed E-state index contributed by atoms with van der Waals surface area (Å²) in [5, 5.41) is 6.12. The number of alkyl carbamates (subject to hydrolysis) is 1. The summed E-state index contributed by atoms with van der Waals surface area (Å²) in [4.78, 5) is 24.2. The minimum atomic E-state index is -0.553. The summed E-state index contributed by atoms with van der Waals surface area (Å²) in [6, 6.07) is 14.1. The van der Waals surface area contributed by atoms with E-state index in [1.165, 1.54) is 0 Å². The van der Waals surface area contributed by atoms with E-state index in [2.05, 4.69) is 10.6 Å². The van der Waals surface area contributed by atoms with Crippen molar-refractivity contribution in [2.75, 3.05) is 11.9 Å². The van der Waals surface area contributed by atoms with E-state index in [-0.39, 0.29) is 18.9 Å². The molecule has 0 aliphatic carbocycles. The molecule has 25 heavy (non-hydrogen) atoms. The van der Waals surface area contributed by atoms with E-state index in [1.54, 1.807) is 19.1 Å². The number of ether oxygens (including phenoxy) is 1. The van der Waals surface area contributed by atoms with Crippen LogP contribution in [0.4, 0.5) is 10.5 Å². The van der Waals surface area contributed by atoms with Crippen molar-refractivity contribution < 1.29 is 14.3 Å². The number of rotatable bonds is 6. The SMILES string of the molecule is CCOC(=O)N[C@H](CC(=O)Nc1cc(Cl)ccc1C)c1ccccc1. The molecule has 0 saturated heterocycles. The lowest BCUT2D eigenvalue weighted by Crippen LogP contribution is -2.32. The first-order valence-corrected chi connectivity index (χ1v) is 8.41. The van der Waals surface area contributed by atoms with E-state index < -0.39 is 12.1 Å². The lowest BCUT2D eigenvalue weighted by molar-refractivity contribution is -0.116. The molecule has 2 N–H and O–H groups in total. The van der Waals surface area contributed by atoms with Gasteiger partial charge in [0.25, 0.3) is 0 Å². The zero-order valence-corrected chi connectivity index (χ0v) is 15.0. The van der Waals surface area contributed by atoms with E-state index in [9.17, 15) is 9.59 Å². The van der Waals surface area contributed by atoms with Gasteiger partial charge in [0.05, 0.1) is 19.1 Å². The van der Waals surface area contributed by atoms with E-state index in [1.807, 2.05) is 43.3 Å². The molecule has 0 aromatic heterocycles. The van der Waals surface area contributed by atoms with Crippen LogP contribution in [0.25, 0.3) is 0 Å². The molecular formula is C19H21ClN2O3. The van der Waals surface area contributed by atoms with Crippen LogP contribution in [0.3, 0.4) is 0 Å². The number of anilines is 1. The summed E-state index contributed by atoms with van der Waals surface area (Å²) < 4.78 is 4.93. The van der Waals surface area contributed by atoms with Gasteiger partial charge in [-0.25, -0.2) is 4.79 Å². The van der Waals surface area contributed by atoms with Gasteiger partial charge in [0.1, 0.15) is 0 Å². The third-order valence-electron chi connectivity index (χ3n) is 3.63. The largest absolute Gasteiger partial charge is 0.450 e. The predicted molar refractivity (Wildman–Crippen MR) is 98.8 cm³/mol. The highest BCUT2D eigenvalue weighted by atomic mass is 35.5. The second-order valence-electron chi connectivity index (χ2n) is 5.54. The number of carbonyl (C=O) groups excluding carboxylic acids is 2. The summed E-state index contributed by atoms with van der Waals surface area (Å²) in [7, 11) is 0. The van der Waals surface area contributed by atoms with Crippen LogP contribution in [0.2, 0.25) is 5.02 Å². The lowest BCUT2D eigenvalue weighted by Gasteiger charge is -2.19. The van der Waals surface area contributed by atoms with E-state index in [4.69, 9.17) is 16.3 Å². The van der Waals surface area contributed by atoms with Crippen LogP contribution in [0.1, 0.15) is 30.5 Å². The Hall–Kier alpha value is -2.53. The molecule has 2 rings (SSSR count). The van der Waals surface area contributed by atoms with Crippen LogP contribution in [0, 0.1) is 6.92 Å². The first-order valence-electron chi connectivity index (χ1n) is 8.04. The first kappa shape index (κ1) is 18.8. The molecule has 2 aromatic carbocycles. The third-order valence-corrected chi connectivity index (χ3v) is 3.87. The van der Waals surface area contributed by atoms with Crippen molar-refractivity contribution in [1.29, 1.82) is 0 Å². The van der Waals surface area contributed by atoms with Gasteiger partial charge < -0.3 is 15.4 Å². The topological polar surface area (TPSA) is 67.4 Å². The van der Waals surface area contributed by atoms with Gasteiger partial charge in [-0.05, 0) is 37.1 Å². The molecule has 132 valence electrons. The average molecular weight is 361 g/mol. The third kappa shape index (κ3) is 5.80. The normalized spacial score (nSPS) is 11.5. The second-order valence-corrected chi connectivity index (χ2v) is 5.98. The number of amides is 2. The molecule has 0 radical (unpaired) electrons. The number of nitrogens with one attached hydrogen (secondary N) is 2. The molecule has 0 bridgehead atoms. The number of carbonyl (C=O) groups is 2. The van der Waals surface area contributed by atoms with Crippen molar-refractivity contribution in [1.82, 2.24) is 5.32 Å². The maximum atomic E-state index is 12.5. The molecule has 0 aliphatic rings. The Kier molecular flexibility index (Phi) is 6.83. The van der Waals surface area contributed by atoms with Crippen molar-refractivity contribution in [3.63, 3.8) is 0 Å². The summed E-state index contributed by atoms with van der Waals surface area (Å²) in [6.07, 6.45) is -0.475. The maximum absolute atomic E-state index is 12.5. The monoisotopic (exact) mass is 360 g/mol. The molecule has 0 fully saturated rings. The smallest absolute Gasteiger partial charge is 0.407 e. The zero-order valence-electron chi connectivity index (χ0n) is 14.2. The lowest BCUT2D eigenvalue weighted by atomic mass is 10.0. The molecule has 0 unspecified atom stereocenters. The highest BCUT2D eigenvalue weighted by Crippen LogP contribution is 2.22. The van der Waals surface area contributed by atoms with Gasteiger partial charge in [-0.1, -0.05) is 48.0 Å². The summed E-state index contributed by atoms with van der Waals surface area (Å²) >= 11 is 5.98. The van der Waals surface area contributed by atoms with Crippen molar-refractivity contribution in [2.45, 2.75) is 26.3 Å². The Morgan fingerprint density at radius 2 is 1.88 bits per heavy atom. The second kappa shape index (κ2) is 9.08. The number of benzene rings is 2. The Balaban J connectivity index is 2.11. The van der Waals surface area contributed by atoms with Gasteiger partial charge in [0.2, 0.25) is 5.91 Å². The Labute approximate surface area is 152 Å². The minimum absolute atomic E-state index is 0.0782. The van der Waals surface area contributed by atoms with Gasteiger partial charge in [0, 0.05) is 10.7 Å². The summed E-state index contributed by atoms with van der Waals surface area (Å²) in [5.41, 5.74) is 2.39. The van der Waals surface area contributed by atoms with E-state index >= 15 is 0 Å². The predicted octanol–water partition coefficient (Wildman–Crippen LogP) is 4.46. The first-order chi connectivity index (χ1) is 12.0. The standard InChI is InChI=1S/C19H21ClN2O3/c1-3-25-19(24)22-17(14-7-5-4-6-8-14)12-18(23)21-16-11-15(20)10-9-13(16)2/h4-11,17H,3,12H2,1-2H3,(H,21,23)(H,22,24)/t17-/m1/s1. The van der Waals surface area contributed by atoms with Gasteiger partial charge in [-0.15, -0.1) is 0 Å². The number of hydrogen-bond donors (Lipinski definition) is 2. The number of halogens is 1.